The van der Waals surface area contributed by atoms with Gasteiger partial charge in [-0.05, 0) is 23.7 Å². The summed E-state index contributed by atoms with van der Waals surface area (Å²) in [6.45, 7) is 19.7. The molecule has 24 heavy (non-hydrogen) atoms. The molecule has 0 rings (SSSR count). The average molecular weight is 339 g/mol. The first-order valence-corrected chi connectivity index (χ1v) is 9.28. The molecule has 0 aliphatic heterocycles. The van der Waals surface area contributed by atoms with Crippen LogP contribution in [0.25, 0.3) is 0 Å². The monoisotopic (exact) mass is 338 g/mol. The summed E-state index contributed by atoms with van der Waals surface area (Å²) in [5, 5.41) is 0. The van der Waals surface area contributed by atoms with E-state index in [4.69, 9.17) is 0 Å². The molecule has 4 nitrogen and oxygen atoms in total. The average Bonchev–Trinajstić information content (AvgIpc) is 2.40. The Labute approximate surface area is 149 Å². The van der Waals surface area contributed by atoms with Gasteiger partial charge in [-0.15, -0.1) is 0 Å². The second-order valence-electron chi connectivity index (χ2n) is 8.40. The van der Waals surface area contributed by atoms with E-state index < -0.39 is 0 Å². The fourth-order valence-corrected chi connectivity index (χ4v) is 2.63. The van der Waals surface area contributed by atoms with Crippen molar-refractivity contribution in [3.8, 4) is 0 Å². The van der Waals surface area contributed by atoms with Crippen LogP contribution in [0.5, 0.6) is 0 Å². The molecule has 0 saturated heterocycles. The van der Waals surface area contributed by atoms with Gasteiger partial charge in [0.05, 0.1) is 0 Å². The highest BCUT2D eigenvalue weighted by Gasteiger charge is 2.17. The Balaban J connectivity index is 4.94. The molecule has 0 fully saturated rings. The van der Waals surface area contributed by atoms with Crippen LogP contribution in [-0.2, 0) is 9.59 Å². The molecular formula is C20H38N2O2. The minimum atomic E-state index is -0.0696. The van der Waals surface area contributed by atoms with E-state index in [0.717, 1.165) is 26.2 Å². The Morgan fingerprint density at radius 2 is 0.792 bits per heavy atom. The molecule has 2 amide bonds. The smallest absolute Gasteiger partial charge is 0.246 e. The van der Waals surface area contributed by atoms with Crippen molar-refractivity contribution in [3.63, 3.8) is 0 Å². The number of amides is 2. The molecule has 0 aliphatic rings. The first-order chi connectivity index (χ1) is 11.0. The summed E-state index contributed by atoms with van der Waals surface area (Å²) in [5.41, 5.74) is 0. The number of carbonyl (C=O) groups is 2. The van der Waals surface area contributed by atoms with Crippen LogP contribution in [0.15, 0.2) is 12.2 Å². The van der Waals surface area contributed by atoms with Crippen LogP contribution in [0, 0.1) is 23.7 Å². The molecule has 0 aliphatic carbocycles. The van der Waals surface area contributed by atoms with Crippen molar-refractivity contribution in [1.29, 1.82) is 0 Å². The number of rotatable bonds is 10. The quantitative estimate of drug-likeness (QED) is 0.568. The van der Waals surface area contributed by atoms with E-state index in [1.54, 1.807) is 0 Å². The molecule has 0 N–H and O–H groups in total. The van der Waals surface area contributed by atoms with Crippen LogP contribution < -0.4 is 0 Å². The summed E-state index contributed by atoms with van der Waals surface area (Å²) in [4.78, 5) is 28.6. The van der Waals surface area contributed by atoms with Gasteiger partial charge in [-0.25, -0.2) is 0 Å². The van der Waals surface area contributed by atoms with Crippen LogP contribution in [0.2, 0.25) is 0 Å². The molecule has 0 aromatic heterocycles. The molecule has 0 aromatic carbocycles. The SMILES string of the molecule is CC(C)CN(CC(C)C)C(=O)C=CC(=O)N(CC(C)C)CC(C)C. The number of hydrogen-bond acceptors (Lipinski definition) is 2. The van der Waals surface area contributed by atoms with Gasteiger partial charge < -0.3 is 9.80 Å². The molecule has 4 heteroatoms. The molecule has 0 aromatic rings. The van der Waals surface area contributed by atoms with E-state index >= 15 is 0 Å². The highest BCUT2D eigenvalue weighted by Crippen LogP contribution is 2.07. The van der Waals surface area contributed by atoms with E-state index in [-0.39, 0.29) is 11.8 Å². The molecule has 0 unspecified atom stereocenters. The third-order valence-electron chi connectivity index (χ3n) is 3.33. The third kappa shape index (κ3) is 10.5. The van der Waals surface area contributed by atoms with E-state index in [9.17, 15) is 9.59 Å². The highest BCUT2D eigenvalue weighted by atomic mass is 16.2. The Hall–Kier alpha value is -1.32. The van der Waals surface area contributed by atoms with Crippen molar-refractivity contribution in [2.24, 2.45) is 23.7 Å². The van der Waals surface area contributed by atoms with Gasteiger partial charge in [0.2, 0.25) is 11.8 Å². The molecule has 0 saturated carbocycles. The summed E-state index contributed by atoms with van der Waals surface area (Å²) in [5.74, 6) is 1.51. The Bertz CT molecular complexity index is 354. The van der Waals surface area contributed by atoms with Crippen molar-refractivity contribution in [3.05, 3.63) is 12.2 Å². The van der Waals surface area contributed by atoms with Crippen molar-refractivity contribution in [1.82, 2.24) is 9.80 Å². The molecule has 0 radical (unpaired) electrons. The van der Waals surface area contributed by atoms with Gasteiger partial charge in [-0.1, -0.05) is 55.4 Å². The van der Waals surface area contributed by atoms with E-state index in [2.05, 4.69) is 55.4 Å². The summed E-state index contributed by atoms with van der Waals surface area (Å²) < 4.78 is 0. The maximum Gasteiger partial charge on any atom is 0.246 e. The molecule has 0 bridgehead atoms. The second-order valence-corrected chi connectivity index (χ2v) is 8.40. The predicted molar refractivity (Wildman–Crippen MR) is 102 cm³/mol. The zero-order valence-electron chi connectivity index (χ0n) is 17.0. The lowest BCUT2D eigenvalue weighted by molar-refractivity contribution is -0.129. The van der Waals surface area contributed by atoms with Crippen molar-refractivity contribution in [2.45, 2.75) is 55.4 Å². The first-order valence-electron chi connectivity index (χ1n) is 9.28. The fraction of sp³-hybridized carbons (Fsp3) is 0.800. The lowest BCUT2D eigenvalue weighted by Crippen LogP contribution is -2.37. The van der Waals surface area contributed by atoms with Crippen molar-refractivity contribution in [2.75, 3.05) is 26.2 Å². The Morgan fingerprint density at radius 3 is 0.958 bits per heavy atom. The number of hydrogen-bond donors (Lipinski definition) is 0. The van der Waals surface area contributed by atoms with Crippen LogP contribution >= 0.6 is 0 Å². The topological polar surface area (TPSA) is 40.6 Å². The second kappa shape index (κ2) is 11.3. The number of carbonyl (C=O) groups excluding carboxylic acids is 2. The fourth-order valence-electron chi connectivity index (χ4n) is 2.63. The molecule has 0 heterocycles. The summed E-state index contributed by atoms with van der Waals surface area (Å²) in [6, 6.07) is 0. The van der Waals surface area contributed by atoms with Gasteiger partial charge >= 0.3 is 0 Å². The maximum absolute atomic E-state index is 12.5. The largest absolute Gasteiger partial charge is 0.339 e. The van der Waals surface area contributed by atoms with Crippen molar-refractivity contribution >= 4 is 11.8 Å². The van der Waals surface area contributed by atoms with Gasteiger partial charge in [0.25, 0.3) is 0 Å². The van der Waals surface area contributed by atoms with Crippen LogP contribution in [0.4, 0.5) is 0 Å². The normalized spacial score (nSPS) is 12.0. The van der Waals surface area contributed by atoms with Gasteiger partial charge in [-0.2, -0.15) is 0 Å². The van der Waals surface area contributed by atoms with E-state index in [1.807, 2.05) is 9.80 Å². The maximum atomic E-state index is 12.5. The Morgan fingerprint density at radius 1 is 0.583 bits per heavy atom. The molecule has 0 atom stereocenters. The lowest BCUT2D eigenvalue weighted by atomic mass is 10.1. The van der Waals surface area contributed by atoms with Gasteiger partial charge in [-0.3, -0.25) is 9.59 Å². The van der Waals surface area contributed by atoms with Crippen LogP contribution in [0.1, 0.15) is 55.4 Å². The zero-order chi connectivity index (χ0) is 18.9. The van der Waals surface area contributed by atoms with Gasteiger partial charge in [0.15, 0.2) is 0 Å². The predicted octanol–water partition coefficient (Wildman–Crippen LogP) is 3.82. The minimum absolute atomic E-state index is 0.0696. The standard InChI is InChI=1S/C20H38N2O2/c1-15(2)11-21(12-16(3)4)19(23)9-10-20(24)22(13-17(5)6)14-18(7)8/h9-10,15-18H,11-14H2,1-8H3. The number of nitrogens with zero attached hydrogens (tertiary/aromatic N) is 2. The van der Waals surface area contributed by atoms with E-state index in [1.165, 1.54) is 12.2 Å². The van der Waals surface area contributed by atoms with E-state index in [0.29, 0.717) is 23.7 Å². The van der Waals surface area contributed by atoms with Gasteiger partial charge in [0, 0.05) is 38.3 Å². The minimum Gasteiger partial charge on any atom is -0.339 e. The summed E-state index contributed by atoms with van der Waals surface area (Å²) in [7, 11) is 0. The lowest BCUT2D eigenvalue weighted by Gasteiger charge is -2.26. The summed E-state index contributed by atoms with van der Waals surface area (Å²) >= 11 is 0. The highest BCUT2D eigenvalue weighted by molar-refractivity contribution is 5.96. The molecule has 0 spiro atoms. The third-order valence-corrected chi connectivity index (χ3v) is 3.33. The molecule has 140 valence electrons. The van der Waals surface area contributed by atoms with Crippen molar-refractivity contribution < 1.29 is 9.59 Å². The Kier molecular flexibility index (Phi) is 10.7. The summed E-state index contributed by atoms with van der Waals surface area (Å²) in [6.07, 6.45) is 2.89. The first kappa shape index (κ1) is 22.7. The van der Waals surface area contributed by atoms with Crippen LogP contribution in [-0.4, -0.2) is 47.8 Å². The zero-order valence-corrected chi connectivity index (χ0v) is 17.0. The van der Waals surface area contributed by atoms with Crippen LogP contribution in [0.3, 0.4) is 0 Å². The molecular weight excluding hydrogens is 300 g/mol. The van der Waals surface area contributed by atoms with Gasteiger partial charge in [0.1, 0.15) is 0 Å².